The van der Waals surface area contributed by atoms with Crippen LogP contribution in [0.5, 0.6) is 0 Å². The van der Waals surface area contributed by atoms with Crippen molar-refractivity contribution in [1.82, 2.24) is 14.9 Å². The third kappa shape index (κ3) is 5.05. The van der Waals surface area contributed by atoms with E-state index in [2.05, 4.69) is 10.0 Å². The van der Waals surface area contributed by atoms with Gasteiger partial charge in [-0.3, -0.25) is 19.3 Å². The second-order valence-corrected chi connectivity index (χ2v) is 9.83. The van der Waals surface area contributed by atoms with Gasteiger partial charge in [0, 0.05) is 12.1 Å². The first kappa shape index (κ1) is 23.3. The molecule has 0 radical (unpaired) electrons. The maximum absolute atomic E-state index is 12.5. The Labute approximate surface area is 197 Å². The van der Waals surface area contributed by atoms with Crippen LogP contribution in [0.15, 0.2) is 72.8 Å². The molecule has 0 fully saturated rings. The fourth-order valence-corrected chi connectivity index (χ4v) is 4.43. The largest absolute Gasteiger partial charge is 0.348 e. The summed E-state index contributed by atoms with van der Waals surface area (Å²) in [5, 5.41) is 2.82. The van der Waals surface area contributed by atoms with E-state index in [1.807, 2.05) is 0 Å². The minimum absolute atomic E-state index is 0.108. The van der Waals surface area contributed by atoms with Crippen LogP contribution < -0.4 is 10.0 Å². The molecule has 0 bridgehead atoms. The van der Waals surface area contributed by atoms with Gasteiger partial charge in [0.1, 0.15) is 0 Å². The Balaban J connectivity index is 1.33. The van der Waals surface area contributed by atoms with Gasteiger partial charge in [0.25, 0.3) is 17.7 Å². The predicted octanol–water partition coefficient (Wildman–Crippen LogP) is 2.46. The van der Waals surface area contributed by atoms with Crippen molar-refractivity contribution in [1.29, 1.82) is 0 Å². The lowest BCUT2D eigenvalue weighted by atomic mass is 10.1. The molecule has 4 rings (SSSR count). The number of carbonyl (C=O) groups is 3. The van der Waals surface area contributed by atoms with Gasteiger partial charge in [-0.2, -0.15) is 0 Å². The molecule has 34 heavy (non-hydrogen) atoms. The lowest BCUT2D eigenvalue weighted by Crippen LogP contribution is -2.29. The van der Waals surface area contributed by atoms with Gasteiger partial charge in [-0.15, -0.1) is 0 Å². The second-order valence-electron chi connectivity index (χ2n) is 7.90. The molecule has 1 heterocycles. The molecule has 3 aromatic carbocycles. The molecule has 3 amide bonds. The summed E-state index contributed by atoms with van der Waals surface area (Å²) >= 11 is 0. The van der Waals surface area contributed by atoms with Crippen molar-refractivity contribution in [3.63, 3.8) is 0 Å². The SMILES string of the molecule is CNS(=O)(=O)Cc1ccc(CNC(=O)c2ccc(CN3C(=O)c4ccccc4C3=O)cc2)cc1. The third-order valence-corrected chi connectivity index (χ3v) is 6.91. The number of hydrogen-bond donors (Lipinski definition) is 2. The third-order valence-electron chi connectivity index (χ3n) is 5.58. The molecule has 1 aliphatic rings. The van der Waals surface area contributed by atoms with Crippen molar-refractivity contribution >= 4 is 27.7 Å². The summed E-state index contributed by atoms with van der Waals surface area (Å²) in [7, 11) is -1.97. The first-order valence-electron chi connectivity index (χ1n) is 10.6. The van der Waals surface area contributed by atoms with E-state index in [1.165, 1.54) is 11.9 Å². The molecule has 0 spiro atoms. The first-order valence-corrected chi connectivity index (χ1v) is 12.2. The van der Waals surface area contributed by atoms with Gasteiger partial charge in [0.2, 0.25) is 10.0 Å². The number of amides is 3. The van der Waals surface area contributed by atoms with E-state index >= 15 is 0 Å². The van der Waals surface area contributed by atoms with Gasteiger partial charge in [-0.25, -0.2) is 13.1 Å². The van der Waals surface area contributed by atoms with Crippen LogP contribution in [0.4, 0.5) is 0 Å². The van der Waals surface area contributed by atoms with Gasteiger partial charge in [-0.1, -0.05) is 48.5 Å². The number of fused-ring (bicyclic) bond motifs is 1. The average Bonchev–Trinajstić information content (AvgIpc) is 3.08. The maximum atomic E-state index is 12.5. The molecular formula is C25H23N3O5S. The number of nitrogens with one attached hydrogen (secondary N) is 2. The summed E-state index contributed by atoms with van der Waals surface area (Å²) in [6.45, 7) is 0.415. The average molecular weight is 478 g/mol. The number of sulfonamides is 1. The Bertz CT molecular complexity index is 1320. The Morgan fingerprint density at radius 3 is 1.88 bits per heavy atom. The lowest BCUT2D eigenvalue weighted by Gasteiger charge is -2.14. The Kier molecular flexibility index (Phi) is 6.58. The van der Waals surface area contributed by atoms with Crippen molar-refractivity contribution in [3.8, 4) is 0 Å². The summed E-state index contributed by atoms with van der Waals surface area (Å²) in [4.78, 5) is 38.7. The summed E-state index contributed by atoms with van der Waals surface area (Å²) in [6, 6.07) is 20.4. The highest BCUT2D eigenvalue weighted by molar-refractivity contribution is 7.88. The van der Waals surface area contributed by atoms with Crippen molar-refractivity contribution in [2.75, 3.05) is 7.05 Å². The summed E-state index contributed by atoms with van der Waals surface area (Å²) < 4.78 is 25.5. The molecule has 9 heteroatoms. The summed E-state index contributed by atoms with van der Waals surface area (Å²) in [6.07, 6.45) is 0. The topological polar surface area (TPSA) is 113 Å². The van der Waals surface area contributed by atoms with Crippen molar-refractivity contribution < 1.29 is 22.8 Å². The van der Waals surface area contributed by atoms with Crippen LogP contribution in [0.25, 0.3) is 0 Å². The molecule has 0 aromatic heterocycles. The zero-order valence-electron chi connectivity index (χ0n) is 18.4. The van der Waals surface area contributed by atoms with Crippen LogP contribution in [-0.2, 0) is 28.9 Å². The fourth-order valence-electron chi connectivity index (χ4n) is 3.66. The maximum Gasteiger partial charge on any atom is 0.261 e. The smallest absolute Gasteiger partial charge is 0.261 e. The lowest BCUT2D eigenvalue weighted by molar-refractivity contribution is 0.0641. The van der Waals surface area contributed by atoms with Gasteiger partial charge in [0.15, 0.2) is 0 Å². The van der Waals surface area contributed by atoms with Crippen molar-refractivity contribution in [2.45, 2.75) is 18.8 Å². The van der Waals surface area contributed by atoms with E-state index in [1.54, 1.807) is 72.8 Å². The number of benzene rings is 3. The zero-order chi connectivity index (χ0) is 24.3. The van der Waals surface area contributed by atoms with Crippen LogP contribution in [0.2, 0.25) is 0 Å². The predicted molar refractivity (Wildman–Crippen MR) is 126 cm³/mol. The van der Waals surface area contributed by atoms with Crippen molar-refractivity contribution in [3.05, 3.63) is 106 Å². The molecule has 0 saturated carbocycles. The summed E-state index contributed by atoms with van der Waals surface area (Å²) in [5.41, 5.74) is 3.47. The number of rotatable bonds is 8. The Hall–Kier alpha value is -3.82. The molecule has 174 valence electrons. The van der Waals surface area contributed by atoms with E-state index < -0.39 is 10.0 Å². The monoisotopic (exact) mass is 477 g/mol. The fraction of sp³-hybridized carbons (Fsp3) is 0.160. The highest BCUT2D eigenvalue weighted by Gasteiger charge is 2.34. The van der Waals surface area contributed by atoms with Gasteiger partial charge in [-0.05, 0) is 48.0 Å². The number of nitrogens with zero attached hydrogens (tertiary/aromatic N) is 1. The number of hydrogen-bond acceptors (Lipinski definition) is 5. The zero-order valence-corrected chi connectivity index (χ0v) is 19.3. The molecule has 1 aliphatic heterocycles. The highest BCUT2D eigenvalue weighted by atomic mass is 32.2. The van der Waals surface area contributed by atoms with Gasteiger partial charge in [0.05, 0.1) is 23.4 Å². The van der Waals surface area contributed by atoms with Crippen LogP contribution in [0.1, 0.15) is 47.8 Å². The number of imide groups is 1. The molecule has 2 N–H and O–H groups in total. The Morgan fingerprint density at radius 1 is 0.794 bits per heavy atom. The standard InChI is InChI=1S/C25H23N3O5S/c1-26-34(32,33)16-19-8-6-17(7-9-19)14-27-23(29)20-12-10-18(11-13-20)15-28-24(30)21-4-2-3-5-22(21)25(28)31/h2-13,26H,14-16H2,1H3,(H,27,29). The second kappa shape index (κ2) is 9.58. The number of carbonyl (C=O) groups excluding carboxylic acids is 3. The minimum Gasteiger partial charge on any atom is -0.348 e. The highest BCUT2D eigenvalue weighted by Crippen LogP contribution is 2.24. The van der Waals surface area contributed by atoms with Gasteiger partial charge < -0.3 is 5.32 Å². The quantitative estimate of drug-likeness (QED) is 0.484. The molecule has 3 aromatic rings. The first-order chi connectivity index (χ1) is 16.3. The Morgan fingerprint density at radius 2 is 1.32 bits per heavy atom. The van der Waals surface area contributed by atoms with Crippen molar-refractivity contribution in [2.24, 2.45) is 0 Å². The normalized spacial score (nSPS) is 13.1. The summed E-state index contributed by atoms with van der Waals surface area (Å²) in [5.74, 6) is -1.02. The van der Waals surface area contributed by atoms with E-state index in [0.717, 1.165) is 11.1 Å². The van der Waals surface area contributed by atoms with E-state index in [-0.39, 0.29) is 36.6 Å². The molecule has 0 aliphatic carbocycles. The van der Waals surface area contributed by atoms with Crippen LogP contribution >= 0.6 is 0 Å². The van der Waals surface area contributed by atoms with Crippen LogP contribution in [0, 0.1) is 0 Å². The van der Waals surface area contributed by atoms with Crippen LogP contribution in [0.3, 0.4) is 0 Å². The molecule has 0 saturated heterocycles. The van der Waals surface area contributed by atoms with E-state index in [4.69, 9.17) is 0 Å². The van der Waals surface area contributed by atoms with E-state index in [9.17, 15) is 22.8 Å². The van der Waals surface area contributed by atoms with Crippen LogP contribution in [-0.4, -0.2) is 38.1 Å². The molecular weight excluding hydrogens is 454 g/mol. The minimum atomic E-state index is -3.34. The molecule has 0 atom stereocenters. The van der Waals surface area contributed by atoms with E-state index in [0.29, 0.717) is 22.3 Å². The molecule has 8 nitrogen and oxygen atoms in total. The molecule has 0 unspecified atom stereocenters. The van der Waals surface area contributed by atoms with Gasteiger partial charge >= 0.3 is 0 Å².